The fraction of sp³-hybridized carbons (Fsp3) is 0.444. The van der Waals surface area contributed by atoms with Gasteiger partial charge in [-0.25, -0.2) is 0 Å². The minimum atomic E-state index is -0.0912. The lowest BCUT2D eigenvalue weighted by Gasteiger charge is -2.37. The van der Waals surface area contributed by atoms with E-state index >= 15 is 0 Å². The van der Waals surface area contributed by atoms with E-state index in [9.17, 15) is 9.59 Å². The quantitative estimate of drug-likeness (QED) is 0.613. The van der Waals surface area contributed by atoms with Crippen LogP contribution in [-0.4, -0.2) is 35.3 Å². The molecule has 5 nitrogen and oxygen atoms in total. The average Bonchev–Trinajstić information content (AvgIpc) is 2.79. The first kappa shape index (κ1) is 23.7. The predicted molar refractivity (Wildman–Crippen MR) is 128 cm³/mol. The number of pyridine rings is 1. The van der Waals surface area contributed by atoms with Crippen molar-refractivity contribution in [3.63, 3.8) is 0 Å². The molecule has 3 unspecified atom stereocenters. The lowest BCUT2D eigenvalue weighted by Crippen LogP contribution is -2.38. The lowest BCUT2D eigenvalue weighted by atomic mass is 9.69. The van der Waals surface area contributed by atoms with Crippen molar-refractivity contribution in [2.24, 2.45) is 23.7 Å². The molecule has 3 rings (SSSR count). The largest absolute Gasteiger partial charge is 0.351 e. The third-order valence-corrected chi connectivity index (χ3v) is 6.62. The van der Waals surface area contributed by atoms with E-state index in [-0.39, 0.29) is 23.7 Å². The number of aromatic nitrogens is 1. The third kappa shape index (κ3) is 6.28. The summed E-state index contributed by atoms with van der Waals surface area (Å²) in [5.74, 6) is 1.50. The second-order valence-corrected chi connectivity index (χ2v) is 9.31. The van der Waals surface area contributed by atoms with Crippen molar-refractivity contribution in [1.82, 2.24) is 15.2 Å². The van der Waals surface area contributed by atoms with Crippen LogP contribution >= 0.6 is 0 Å². The number of hydrogen-bond acceptors (Lipinski definition) is 3. The van der Waals surface area contributed by atoms with Crippen molar-refractivity contribution in [1.29, 1.82) is 0 Å². The number of hydrogen-bond donors (Lipinski definition) is 1. The highest BCUT2D eigenvalue weighted by Gasteiger charge is 2.33. The van der Waals surface area contributed by atoms with E-state index in [1.54, 1.807) is 24.5 Å². The summed E-state index contributed by atoms with van der Waals surface area (Å²) in [5.41, 5.74) is 2.97. The van der Waals surface area contributed by atoms with Crippen molar-refractivity contribution in [2.75, 3.05) is 13.6 Å². The zero-order valence-corrected chi connectivity index (χ0v) is 19.6. The van der Waals surface area contributed by atoms with Crippen molar-refractivity contribution in [3.8, 4) is 0 Å². The van der Waals surface area contributed by atoms with E-state index in [0.717, 1.165) is 12.0 Å². The maximum Gasteiger partial charge on any atom is 0.252 e. The van der Waals surface area contributed by atoms with Crippen LogP contribution in [-0.2, 0) is 11.3 Å². The minimum Gasteiger partial charge on any atom is -0.351 e. The second kappa shape index (κ2) is 11.1. The van der Waals surface area contributed by atoms with Crippen LogP contribution < -0.4 is 5.32 Å². The maximum absolute atomic E-state index is 12.9. The van der Waals surface area contributed by atoms with Crippen LogP contribution in [0.2, 0.25) is 0 Å². The Morgan fingerprint density at radius 1 is 1.16 bits per heavy atom. The number of carbonyl (C=O) groups excluding carboxylic acids is 2. The second-order valence-electron chi connectivity index (χ2n) is 9.31. The van der Waals surface area contributed by atoms with Gasteiger partial charge in [0.25, 0.3) is 5.91 Å². The molecule has 32 heavy (non-hydrogen) atoms. The smallest absolute Gasteiger partial charge is 0.252 e. The Morgan fingerprint density at radius 2 is 1.91 bits per heavy atom. The van der Waals surface area contributed by atoms with Crippen LogP contribution in [0.15, 0.2) is 66.5 Å². The third-order valence-electron chi connectivity index (χ3n) is 6.62. The summed E-state index contributed by atoms with van der Waals surface area (Å²) in [6, 6.07) is 13.6. The SMILES string of the molecule is CC1=CC(CNC(=O)c2cccnc2)C(C(C)C)CC1CC(=O)N(C)Cc1ccccc1. The van der Waals surface area contributed by atoms with Gasteiger partial charge in [0.1, 0.15) is 0 Å². The van der Waals surface area contributed by atoms with Gasteiger partial charge in [-0.1, -0.05) is 55.8 Å². The van der Waals surface area contributed by atoms with E-state index in [2.05, 4.69) is 49.3 Å². The molecule has 1 aliphatic carbocycles. The highest BCUT2D eigenvalue weighted by atomic mass is 16.2. The zero-order chi connectivity index (χ0) is 23.1. The molecule has 2 aromatic rings. The number of nitrogens with zero attached hydrogens (tertiary/aromatic N) is 2. The Hall–Kier alpha value is -2.95. The van der Waals surface area contributed by atoms with E-state index in [1.165, 1.54) is 5.57 Å². The van der Waals surface area contributed by atoms with Crippen molar-refractivity contribution >= 4 is 11.8 Å². The fourth-order valence-electron chi connectivity index (χ4n) is 4.63. The van der Waals surface area contributed by atoms with Crippen LogP contribution in [0.5, 0.6) is 0 Å². The summed E-state index contributed by atoms with van der Waals surface area (Å²) < 4.78 is 0. The molecule has 0 radical (unpaired) electrons. The monoisotopic (exact) mass is 433 g/mol. The molecule has 2 amide bonds. The number of amides is 2. The average molecular weight is 434 g/mol. The molecule has 0 saturated heterocycles. The molecule has 5 heteroatoms. The van der Waals surface area contributed by atoms with Crippen LogP contribution in [0.3, 0.4) is 0 Å². The topological polar surface area (TPSA) is 62.3 Å². The summed E-state index contributed by atoms with van der Waals surface area (Å²) in [6.45, 7) is 7.82. The van der Waals surface area contributed by atoms with Gasteiger partial charge in [-0.15, -0.1) is 0 Å². The van der Waals surface area contributed by atoms with E-state index in [0.29, 0.717) is 36.9 Å². The molecule has 1 heterocycles. The molecule has 0 bridgehead atoms. The number of rotatable bonds is 8. The zero-order valence-electron chi connectivity index (χ0n) is 19.6. The van der Waals surface area contributed by atoms with Gasteiger partial charge < -0.3 is 10.2 Å². The molecule has 1 aliphatic rings. The van der Waals surface area contributed by atoms with Crippen LogP contribution in [0, 0.1) is 23.7 Å². The predicted octanol–water partition coefficient (Wildman–Crippen LogP) is 4.71. The highest BCUT2D eigenvalue weighted by Crippen LogP contribution is 2.39. The van der Waals surface area contributed by atoms with Gasteiger partial charge in [-0.05, 0) is 54.7 Å². The lowest BCUT2D eigenvalue weighted by molar-refractivity contribution is -0.131. The van der Waals surface area contributed by atoms with Gasteiger partial charge in [0.15, 0.2) is 0 Å². The van der Waals surface area contributed by atoms with Gasteiger partial charge in [0.2, 0.25) is 5.91 Å². The molecule has 0 fully saturated rings. The number of benzene rings is 1. The van der Waals surface area contributed by atoms with Crippen molar-refractivity contribution < 1.29 is 9.59 Å². The Labute approximate surface area is 191 Å². The normalized spacial score (nSPS) is 20.5. The summed E-state index contributed by atoms with van der Waals surface area (Å²) >= 11 is 0. The maximum atomic E-state index is 12.9. The fourth-order valence-corrected chi connectivity index (χ4v) is 4.63. The summed E-state index contributed by atoms with van der Waals surface area (Å²) in [4.78, 5) is 31.2. The van der Waals surface area contributed by atoms with E-state index < -0.39 is 0 Å². The number of carbonyl (C=O) groups is 2. The van der Waals surface area contributed by atoms with Crippen LogP contribution in [0.1, 0.15) is 49.5 Å². The van der Waals surface area contributed by atoms with Gasteiger partial charge in [-0.3, -0.25) is 14.6 Å². The summed E-state index contributed by atoms with van der Waals surface area (Å²) in [6.07, 6.45) is 7.04. The minimum absolute atomic E-state index is 0.0912. The summed E-state index contributed by atoms with van der Waals surface area (Å²) in [5, 5.41) is 3.08. The van der Waals surface area contributed by atoms with Crippen molar-refractivity contribution in [3.05, 3.63) is 77.6 Å². The Kier molecular flexibility index (Phi) is 8.20. The van der Waals surface area contributed by atoms with Crippen molar-refractivity contribution in [2.45, 2.75) is 40.2 Å². The summed E-state index contributed by atoms with van der Waals surface area (Å²) in [7, 11) is 1.88. The first-order chi connectivity index (χ1) is 15.3. The molecule has 0 aliphatic heterocycles. The molecule has 0 spiro atoms. The molecule has 1 aromatic carbocycles. The van der Waals surface area contributed by atoms with Gasteiger partial charge >= 0.3 is 0 Å². The molecule has 1 aromatic heterocycles. The highest BCUT2D eigenvalue weighted by molar-refractivity contribution is 5.93. The van der Waals surface area contributed by atoms with Crippen LogP contribution in [0.25, 0.3) is 0 Å². The standard InChI is InChI=1S/C27H35N3O2/c1-19(2)25-14-23(15-26(31)30(4)18-21-9-6-5-7-10-21)20(3)13-24(25)17-29-27(32)22-11-8-12-28-16-22/h5-13,16,19,23-25H,14-15,17-18H2,1-4H3,(H,29,32). The molecular formula is C27H35N3O2. The van der Waals surface area contributed by atoms with Gasteiger partial charge in [-0.2, -0.15) is 0 Å². The molecule has 170 valence electrons. The number of nitrogens with one attached hydrogen (secondary N) is 1. The van der Waals surface area contributed by atoms with Gasteiger partial charge in [0, 0.05) is 39.0 Å². The van der Waals surface area contributed by atoms with E-state index in [4.69, 9.17) is 0 Å². The first-order valence-electron chi connectivity index (χ1n) is 11.5. The Bertz CT molecular complexity index is 924. The first-order valence-corrected chi connectivity index (χ1v) is 11.5. The molecule has 0 saturated carbocycles. The molecular weight excluding hydrogens is 398 g/mol. The van der Waals surface area contributed by atoms with Crippen LogP contribution in [0.4, 0.5) is 0 Å². The molecule has 1 N–H and O–H groups in total. The van der Waals surface area contributed by atoms with E-state index in [1.807, 2.05) is 30.1 Å². The molecule has 3 atom stereocenters. The number of allylic oxidation sites excluding steroid dienone is 1. The Morgan fingerprint density at radius 3 is 2.56 bits per heavy atom. The Balaban J connectivity index is 1.61. The van der Waals surface area contributed by atoms with Gasteiger partial charge in [0.05, 0.1) is 5.56 Å².